The molecule has 1 fully saturated rings. The van der Waals surface area contributed by atoms with Gasteiger partial charge in [-0.2, -0.15) is 0 Å². The third-order valence-electron chi connectivity index (χ3n) is 3.52. The van der Waals surface area contributed by atoms with Crippen LogP contribution < -0.4 is 11.2 Å². The molecule has 0 amide bonds. The molecule has 4 N–H and O–H groups in total. The number of aliphatic hydroxyl groups excluding tert-OH is 3. The van der Waals surface area contributed by atoms with Gasteiger partial charge >= 0.3 is 11.7 Å². The Bertz CT molecular complexity index is 736. The summed E-state index contributed by atoms with van der Waals surface area (Å²) in [5.74, 6) is -0.873. The van der Waals surface area contributed by atoms with Gasteiger partial charge in [0.05, 0.1) is 24.9 Å². The molecule has 0 saturated carbocycles. The Hall–Kier alpha value is -2.27. The minimum atomic E-state index is -1.52. The van der Waals surface area contributed by atoms with Gasteiger partial charge in [0.15, 0.2) is 6.23 Å². The van der Waals surface area contributed by atoms with E-state index in [-0.39, 0.29) is 11.1 Å². The van der Waals surface area contributed by atoms with Crippen molar-refractivity contribution in [1.29, 1.82) is 0 Å². The summed E-state index contributed by atoms with van der Waals surface area (Å²) in [5.41, 5.74) is -2.34. The lowest BCUT2D eigenvalue weighted by atomic mass is 10.1. The first-order valence-electron chi connectivity index (χ1n) is 6.57. The molecular formula is C13H16N2O8. The second-order valence-electron chi connectivity index (χ2n) is 4.91. The molecule has 126 valence electrons. The van der Waals surface area contributed by atoms with Gasteiger partial charge in [-0.15, -0.1) is 0 Å². The van der Waals surface area contributed by atoms with E-state index in [4.69, 9.17) is 9.84 Å². The van der Waals surface area contributed by atoms with Gasteiger partial charge in [-0.05, 0) is 0 Å². The van der Waals surface area contributed by atoms with Gasteiger partial charge in [0, 0.05) is 6.20 Å². The molecule has 10 heteroatoms. The Labute approximate surface area is 129 Å². The predicted molar refractivity (Wildman–Crippen MR) is 75.4 cm³/mol. The highest BCUT2D eigenvalue weighted by atomic mass is 16.6. The average molecular weight is 328 g/mol. The fourth-order valence-corrected chi connectivity index (χ4v) is 2.23. The van der Waals surface area contributed by atoms with Crippen LogP contribution in [0.25, 0.3) is 5.57 Å². The number of carbonyl (C=O) groups is 1. The summed E-state index contributed by atoms with van der Waals surface area (Å²) in [4.78, 5) is 37.2. The van der Waals surface area contributed by atoms with E-state index in [0.717, 1.165) is 17.9 Å². The molecule has 0 radical (unpaired) electrons. The van der Waals surface area contributed by atoms with Crippen molar-refractivity contribution >= 4 is 11.5 Å². The van der Waals surface area contributed by atoms with E-state index in [2.05, 4.69) is 11.3 Å². The van der Waals surface area contributed by atoms with Crippen LogP contribution in [0.1, 0.15) is 11.8 Å². The molecule has 0 aromatic carbocycles. The molecule has 1 aromatic rings. The van der Waals surface area contributed by atoms with Crippen LogP contribution in [0.2, 0.25) is 0 Å². The number of nitrogens with one attached hydrogen (secondary N) is 1. The molecule has 10 nitrogen and oxygen atoms in total. The molecule has 4 atom stereocenters. The van der Waals surface area contributed by atoms with E-state index >= 15 is 0 Å². The van der Waals surface area contributed by atoms with Gasteiger partial charge in [0.25, 0.3) is 5.56 Å². The summed E-state index contributed by atoms with van der Waals surface area (Å²) in [6.07, 6.45) is -4.41. The first-order chi connectivity index (χ1) is 10.8. The minimum Gasteiger partial charge on any atom is -0.465 e. The molecule has 23 heavy (non-hydrogen) atoms. The number of methoxy groups -OCH3 is 1. The van der Waals surface area contributed by atoms with Crippen LogP contribution in [-0.2, 0) is 14.3 Å². The highest BCUT2D eigenvalue weighted by molar-refractivity contribution is 6.15. The van der Waals surface area contributed by atoms with Crippen molar-refractivity contribution < 1.29 is 29.6 Å². The van der Waals surface area contributed by atoms with E-state index in [0.29, 0.717) is 0 Å². The Morgan fingerprint density at radius 3 is 2.61 bits per heavy atom. The SMILES string of the molecule is C=C(C(=O)OC)c1cn([C@H]2O[C@@H](CO)C(O)C2O)c(=O)[nH]c1=O. The fraction of sp³-hybridized carbons (Fsp3) is 0.462. The number of nitrogens with zero attached hydrogens (tertiary/aromatic N) is 1. The number of hydrogen-bond acceptors (Lipinski definition) is 8. The molecule has 0 bridgehead atoms. The van der Waals surface area contributed by atoms with Gasteiger partial charge < -0.3 is 24.8 Å². The molecule has 1 aromatic heterocycles. The standard InChI is InChI=1S/C13H16N2O8/c1-5(12(20)22-2)6-3-15(13(21)14-10(6)19)11-9(18)8(17)7(4-16)23-11/h3,7-9,11,16-18H,1,4H2,2H3,(H,14,19,21)/t7-,8?,9?,11-/m0/s1. The van der Waals surface area contributed by atoms with Crippen LogP contribution in [0, 0.1) is 0 Å². The zero-order chi connectivity index (χ0) is 17.3. The van der Waals surface area contributed by atoms with Crippen molar-refractivity contribution in [1.82, 2.24) is 9.55 Å². The number of rotatable bonds is 4. The van der Waals surface area contributed by atoms with Crippen molar-refractivity contribution in [3.05, 3.63) is 39.2 Å². The average Bonchev–Trinajstić information content (AvgIpc) is 2.81. The van der Waals surface area contributed by atoms with Crippen molar-refractivity contribution in [2.75, 3.05) is 13.7 Å². The number of carbonyl (C=O) groups excluding carboxylic acids is 1. The smallest absolute Gasteiger partial charge is 0.338 e. The van der Waals surface area contributed by atoms with E-state index in [9.17, 15) is 24.6 Å². The molecular weight excluding hydrogens is 312 g/mol. The first kappa shape index (κ1) is 17.1. The summed E-state index contributed by atoms with van der Waals surface area (Å²) >= 11 is 0. The lowest BCUT2D eigenvalue weighted by molar-refractivity contribution is -0.133. The largest absolute Gasteiger partial charge is 0.465 e. The minimum absolute atomic E-state index is 0.255. The number of aromatic nitrogens is 2. The number of H-pyrrole nitrogens is 1. The molecule has 1 aliphatic heterocycles. The number of hydrogen-bond donors (Lipinski definition) is 4. The lowest BCUT2D eigenvalue weighted by Crippen LogP contribution is -2.39. The van der Waals surface area contributed by atoms with Crippen LogP contribution in [0.5, 0.6) is 0 Å². The fourth-order valence-electron chi connectivity index (χ4n) is 2.23. The van der Waals surface area contributed by atoms with Gasteiger partial charge in [-0.3, -0.25) is 14.3 Å². The zero-order valence-electron chi connectivity index (χ0n) is 12.1. The quantitative estimate of drug-likeness (QED) is 0.345. The molecule has 1 saturated heterocycles. The van der Waals surface area contributed by atoms with Crippen molar-refractivity contribution in [3.63, 3.8) is 0 Å². The molecule has 1 aliphatic rings. The number of aliphatic hydroxyl groups is 3. The third-order valence-corrected chi connectivity index (χ3v) is 3.52. The van der Waals surface area contributed by atoms with Crippen LogP contribution in [0.4, 0.5) is 0 Å². The summed E-state index contributed by atoms with van der Waals surface area (Å²) in [5, 5.41) is 28.7. The lowest BCUT2D eigenvalue weighted by Gasteiger charge is -2.18. The Morgan fingerprint density at radius 1 is 1.43 bits per heavy atom. The maximum atomic E-state index is 11.9. The molecule has 0 aliphatic carbocycles. The topological polar surface area (TPSA) is 151 Å². The maximum absolute atomic E-state index is 11.9. The number of ether oxygens (including phenoxy) is 2. The summed E-state index contributed by atoms with van der Waals surface area (Å²) in [6, 6.07) is 0. The molecule has 2 heterocycles. The monoisotopic (exact) mass is 328 g/mol. The van der Waals surface area contributed by atoms with E-state index < -0.39 is 48.4 Å². The zero-order valence-corrected chi connectivity index (χ0v) is 12.1. The van der Waals surface area contributed by atoms with Crippen LogP contribution >= 0.6 is 0 Å². The normalized spacial score (nSPS) is 27.0. The summed E-state index contributed by atoms with van der Waals surface area (Å²) in [6.45, 7) is 2.84. The summed E-state index contributed by atoms with van der Waals surface area (Å²) in [7, 11) is 1.10. The van der Waals surface area contributed by atoms with Gasteiger partial charge in [-0.25, -0.2) is 9.59 Å². The van der Waals surface area contributed by atoms with E-state index in [1.165, 1.54) is 0 Å². The predicted octanol–water partition coefficient (Wildman–Crippen LogP) is -2.67. The Morgan fingerprint density at radius 2 is 2.09 bits per heavy atom. The second kappa shape index (κ2) is 6.46. The van der Waals surface area contributed by atoms with Crippen molar-refractivity contribution in [2.45, 2.75) is 24.5 Å². The number of aromatic amines is 1. The highest BCUT2D eigenvalue weighted by Gasteiger charge is 2.43. The Balaban J connectivity index is 2.48. The van der Waals surface area contributed by atoms with Gasteiger partial charge in [0.1, 0.15) is 18.3 Å². The molecule has 0 spiro atoms. The van der Waals surface area contributed by atoms with E-state index in [1.54, 1.807) is 0 Å². The molecule has 2 unspecified atom stereocenters. The Kier molecular flexibility index (Phi) is 4.80. The highest BCUT2D eigenvalue weighted by Crippen LogP contribution is 2.28. The first-order valence-corrected chi connectivity index (χ1v) is 6.57. The van der Waals surface area contributed by atoms with Crippen molar-refractivity contribution in [3.8, 4) is 0 Å². The van der Waals surface area contributed by atoms with Crippen LogP contribution in [-0.4, -0.2) is 62.9 Å². The second-order valence-corrected chi connectivity index (χ2v) is 4.91. The van der Waals surface area contributed by atoms with Gasteiger partial charge in [-0.1, -0.05) is 6.58 Å². The van der Waals surface area contributed by atoms with Crippen LogP contribution in [0.15, 0.2) is 22.4 Å². The van der Waals surface area contributed by atoms with Crippen LogP contribution in [0.3, 0.4) is 0 Å². The van der Waals surface area contributed by atoms with Crippen molar-refractivity contribution in [2.24, 2.45) is 0 Å². The van der Waals surface area contributed by atoms with Gasteiger partial charge in [0.2, 0.25) is 0 Å². The molecule has 2 rings (SSSR count). The maximum Gasteiger partial charge on any atom is 0.338 e. The summed E-state index contributed by atoms with van der Waals surface area (Å²) < 4.78 is 10.5. The number of esters is 1. The van der Waals surface area contributed by atoms with E-state index in [1.807, 2.05) is 4.98 Å². The third kappa shape index (κ3) is 2.97.